The fraction of sp³-hybridized carbons (Fsp3) is 0.370. The molecule has 6 nitrogen and oxygen atoms in total. The van der Waals surface area contributed by atoms with Crippen LogP contribution in [0.4, 0.5) is 5.82 Å². The summed E-state index contributed by atoms with van der Waals surface area (Å²) < 4.78 is 0. The van der Waals surface area contributed by atoms with Gasteiger partial charge in [0.25, 0.3) is 0 Å². The van der Waals surface area contributed by atoms with Gasteiger partial charge in [-0.15, -0.1) is 10.2 Å². The predicted octanol–water partition coefficient (Wildman–Crippen LogP) is 4.36. The molecule has 0 spiro atoms. The van der Waals surface area contributed by atoms with Crippen molar-refractivity contribution in [3.8, 4) is 11.3 Å². The number of nitrogens with zero attached hydrogens (tertiary/aromatic N) is 5. The molecular formula is C27H30ClN5O. The Balaban J connectivity index is 1.10. The molecule has 2 aromatic carbocycles. The topological polar surface area (TPSA) is 52.6 Å². The van der Waals surface area contributed by atoms with E-state index in [1.807, 2.05) is 36.4 Å². The van der Waals surface area contributed by atoms with Crippen LogP contribution < -0.4 is 4.90 Å². The third-order valence-electron chi connectivity index (χ3n) is 6.89. The maximum atomic E-state index is 13.1. The van der Waals surface area contributed by atoms with Crippen molar-refractivity contribution in [3.63, 3.8) is 0 Å². The van der Waals surface area contributed by atoms with Crippen molar-refractivity contribution in [3.05, 3.63) is 77.3 Å². The van der Waals surface area contributed by atoms with E-state index >= 15 is 0 Å². The van der Waals surface area contributed by atoms with Gasteiger partial charge in [0.05, 0.1) is 5.69 Å². The third kappa shape index (κ3) is 5.40. The zero-order valence-corrected chi connectivity index (χ0v) is 20.1. The molecule has 0 unspecified atom stereocenters. The van der Waals surface area contributed by atoms with Crippen LogP contribution in [0, 0.1) is 5.92 Å². The number of carbonyl (C=O) groups is 1. The molecule has 0 N–H and O–H groups in total. The van der Waals surface area contributed by atoms with Crippen LogP contribution in [-0.4, -0.2) is 65.2 Å². The number of aromatic nitrogens is 2. The van der Waals surface area contributed by atoms with Crippen LogP contribution in [0.3, 0.4) is 0 Å². The Kier molecular flexibility index (Phi) is 7.07. The van der Waals surface area contributed by atoms with Gasteiger partial charge >= 0.3 is 0 Å². The lowest BCUT2D eigenvalue weighted by atomic mass is 9.95. The van der Waals surface area contributed by atoms with Crippen LogP contribution in [0.1, 0.15) is 18.4 Å². The highest BCUT2D eigenvalue weighted by molar-refractivity contribution is 6.30. The first-order valence-electron chi connectivity index (χ1n) is 12.1. The molecule has 1 amide bonds. The van der Waals surface area contributed by atoms with E-state index in [0.717, 1.165) is 75.7 Å². The highest BCUT2D eigenvalue weighted by Crippen LogP contribution is 2.25. The SMILES string of the molecule is O=C(C1CCN(c2ccc(-c3ccc(Cl)cc3)nn2)CC1)N1CCN(Cc2ccccc2)CC1. The van der Waals surface area contributed by atoms with Crippen molar-refractivity contribution in [1.82, 2.24) is 20.0 Å². The molecule has 1 aromatic heterocycles. The average molecular weight is 476 g/mol. The summed E-state index contributed by atoms with van der Waals surface area (Å²) in [5, 5.41) is 9.56. The minimum absolute atomic E-state index is 0.109. The van der Waals surface area contributed by atoms with E-state index in [-0.39, 0.29) is 5.92 Å². The van der Waals surface area contributed by atoms with E-state index < -0.39 is 0 Å². The first kappa shape index (κ1) is 22.8. The van der Waals surface area contributed by atoms with Crippen LogP contribution >= 0.6 is 11.6 Å². The molecule has 7 heteroatoms. The number of rotatable bonds is 5. The van der Waals surface area contributed by atoms with Gasteiger partial charge in [0, 0.05) is 62.3 Å². The van der Waals surface area contributed by atoms with Crippen LogP contribution in [0.15, 0.2) is 66.7 Å². The van der Waals surface area contributed by atoms with Crippen molar-refractivity contribution in [2.24, 2.45) is 5.92 Å². The number of piperazine rings is 1. The Hall–Kier alpha value is -2.96. The van der Waals surface area contributed by atoms with Gasteiger partial charge in [-0.2, -0.15) is 0 Å². The maximum absolute atomic E-state index is 13.1. The van der Waals surface area contributed by atoms with Crippen molar-refractivity contribution < 1.29 is 4.79 Å². The molecular weight excluding hydrogens is 446 g/mol. The number of halogens is 1. The Bertz CT molecular complexity index is 1070. The van der Waals surface area contributed by atoms with Crippen molar-refractivity contribution in [2.45, 2.75) is 19.4 Å². The molecule has 34 heavy (non-hydrogen) atoms. The molecule has 2 aliphatic rings. The molecule has 0 saturated carbocycles. The van der Waals surface area contributed by atoms with Gasteiger partial charge in [-0.25, -0.2) is 0 Å². The Morgan fingerprint density at radius 1 is 0.824 bits per heavy atom. The highest BCUT2D eigenvalue weighted by Gasteiger charge is 2.30. The minimum Gasteiger partial charge on any atom is -0.355 e. The number of hydrogen-bond donors (Lipinski definition) is 0. The predicted molar refractivity (Wildman–Crippen MR) is 136 cm³/mol. The van der Waals surface area contributed by atoms with Crippen LogP contribution in [-0.2, 0) is 11.3 Å². The maximum Gasteiger partial charge on any atom is 0.225 e. The summed E-state index contributed by atoms with van der Waals surface area (Å²) >= 11 is 5.97. The molecule has 2 aliphatic heterocycles. The van der Waals surface area contributed by atoms with Gasteiger partial charge in [0.15, 0.2) is 5.82 Å². The zero-order valence-electron chi connectivity index (χ0n) is 19.3. The summed E-state index contributed by atoms with van der Waals surface area (Å²) in [6.45, 7) is 6.15. The van der Waals surface area contributed by atoms with Crippen molar-refractivity contribution in [1.29, 1.82) is 0 Å². The van der Waals surface area contributed by atoms with Gasteiger partial charge in [-0.05, 0) is 42.7 Å². The molecule has 0 aliphatic carbocycles. The average Bonchev–Trinajstić information content (AvgIpc) is 2.90. The van der Waals surface area contributed by atoms with Gasteiger partial charge in [-0.3, -0.25) is 9.69 Å². The van der Waals surface area contributed by atoms with Crippen molar-refractivity contribution >= 4 is 23.3 Å². The van der Waals surface area contributed by atoms with Gasteiger partial charge in [0.1, 0.15) is 0 Å². The van der Waals surface area contributed by atoms with E-state index in [1.54, 1.807) is 0 Å². The third-order valence-corrected chi connectivity index (χ3v) is 7.14. The second-order valence-corrected chi connectivity index (χ2v) is 9.57. The van der Waals surface area contributed by atoms with E-state index in [1.165, 1.54) is 5.56 Å². The number of benzene rings is 2. The number of piperidine rings is 1. The monoisotopic (exact) mass is 475 g/mol. The summed E-state index contributed by atoms with van der Waals surface area (Å²) in [6.07, 6.45) is 1.73. The number of hydrogen-bond acceptors (Lipinski definition) is 5. The molecule has 176 valence electrons. The van der Waals surface area contributed by atoms with E-state index in [9.17, 15) is 4.79 Å². The van der Waals surface area contributed by atoms with Crippen LogP contribution in [0.5, 0.6) is 0 Å². The normalized spacial score (nSPS) is 17.7. The second-order valence-electron chi connectivity index (χ2n) is 9.13. The zero-order chi connectivity index (χ0) is 23.3. The Labute approximate surface area is 206 Å². The van der Waals surface area contributed by atoms with E-state index in [4.69, 9.17) is 11.6 Å². The van der Waals surface area contributed by atoms with E-state index in [0.29, 0.717) is 10.9 Å². The molecule has 5 rings (SSSR count). The van der Waals surface area contributed by atoms with Crippen LogP contribution in [0.25, 0.3) is 11.3 Å². The number of carbonyl (C=O) groups excluding carboxylic acids is 1. The Morgan fingerprint density at radius 3 is 2.18 bits per heavy atom. The van der Waals surface area contributed by atoms with Crippen LogP contribution in [0.2, 0.25) is 5.02 Å². The molecule has 2 fully saturated rings. The summed E-state index contributed by atoms with van der Waals surface area (Å²) in [6, 6.07) is 22.2. The summed E-state index contributed by atoms with van der Waals surface area (Å²) in [7, 11) is 0. The smallest absolute Gasteiger partial charge is 0.225 e. The standard InChI is InChI=1S/C27H30ClN5O/c28-24-8-6-22(7-9-24)25-10-11-26(30-29-25)32-14-12-23(13-15-32)27(34)33-18-16-31(17-19-33)20-21-4-2-1-3-5-21/h1-11,23H,12-20H2. The largest absolute Gasteiger partial charge is 0.355 e. The van der Waals surface area contributed by atoms with Gasteiger partial charge < -0.3 is 9.80 Å². The molecule has 3 aromatic rings. The molecule has 2 saturated heterocycles. The minimum atomic E-state index is 0.109. The highest BCUT2D eigenvalue weighted by atomic mass is 35.5. The first-order valence-corrected chi connectivity index (χ1v) is 12.4. The van der Waals surface area contributed by atoms with Gasteiger partial charge in [-0.1, -0.05) is 54.1 Å². The number of amides is 1. The summed E-state index contributed by atoms with van der Waals surface area (Å²) in [4.78, 5) is 19.9. The lowest BCUT2D eigenvalue weighted by Crippen LogP contribution is -2.51. The number of anilines is 1. The lowest BCUT2D eigenvalue weighted by molar-refractivity contribution is -0.138. The first-order chi connectivity index (χ1) is 16.7. The van der Waals surface area contributed by atoms with Gasteiger partial charge in [0.2, 0.25) is 5.91 Å². The molecule has 0 bridgehead atoms. The molecule has 3 heterocycles. The fourth-order valence-electron chi connectivity index (χ4n) is 4.85. The Morgan fingerprint density at radius 2 is 1.53 bits per heavy atom. The summed E-state index contributed by atoms with van der Waals surface area (Å²) in [5.41, 5.74) is 3.16. The quantitative estimate of drug-likeness (QED) is 0.549. The fourth-order valence-corrected chi connectivity index (χ4v) is 4.98. The lowest BCUT2D eigenvalue weighted by Gasteiger charge is -2.38. The second kappa shape index (κ2) is 10.5. The van der Waals surface area contributed by atoms with Crippen molar-refractivity contribution in [2.75, 3.05) is 44.2 Å². The summed E-state index contributed by atoms with van der Waals surface area (Å²) in [5.74, 6) is 1.31. The molecule has 0 radical (unpaired) electrons. The molecule has 0 atom stereocenters. The van der Waals surface area contributed by atoms with E-state index in [2.05, 4.69) is 55.2 Å².